The fourth-order valence-electron chi connectivity index (χ4n) is 1.26. The van der Waals surface area contributed by atoms with Gasteiger partial charge in [-0.2, -0.15) is 18.3 Å². The molecule has 1 N–H and O–H groups in total. The van der Waals surface area contributed by atoms with Crippen molar-refractivity contribution in [3.63, 3.8) is 0 Å². The fraction of sp³-hybridized carbons (Fsp3) is 0.600. The summed E-state index contributed by atoms with van der Waals surface area (Å²) in [5, 5.41) is 6.19. The zero-order chi connectivity index (χ0) is 13.8. The summed E-state index contributed by atoms with van der Waals surface area (Å²) in [5.41, 5.74) is -0.992. The standard InChI is InChI=1S/C10H15F3N4O.ClH/c1-14-4-6-16(2)9(18)7-17-5-3-8(15-17)10(11,12)13;/h3,5,14H,4,6-7H2,1-2H3;1H. The van der Waals surface area contributed by atoms with E-state index < -0.39 is 11.9 Å². The van der Waals surface area contributed by atoms with E-state index in [1.807, 2.05) is 0 Å². The molecule has 0 radical (unpaired) electrons. The van der Waals surface area contributed by atoms with E-state index in [-0.39, 0.29) is 24.9 Å². The van der Waals surface area contributed by atoms with Crippen molar-refractivity contribution in [2.24, 2.45) is 0 Å². The average molecular weight is 301 g/mol. The van der Waals surface area contributed by atoms with Crippen LogP contribution in [0.2, 0.25) is 0 Å². The quantitative estimate of drug-likeness (QED) is 0.883. The van der Waals surface area contributed by atoms with Crippen LogP contribution in [0.5, 0.6) is 0 Å². The van der Waals surface area contributed by atoms with Gasteiger partial charge in [-0.05, 0) is 13.1 Å². The van der Waals surface area contributed by atoms with Crippen molar-refractivity contribution in [2.45, 2.75) is 12.7 Å². The number of carbonyl (C=O) groups excluding carboxylic acids is 1. The number of alkyl halides is 3. The molecule has 1 amide bonds. The molecule has 5 nitrogen and oxygen atoms in total. The summed E-state index contributed by atoms with van der Waals surface area (Å²) >= 11 is 0. The summed E-state index contributed by atoms with van der Waals surface area (Å²) < 4.78 is 37.8. The molecule has 0 aromatic carbocycles. The SMILES string of the molecule is CNCCN(C)C(=O)Cn1ccc(C(F)(F)F)n1.Cl. The van der Waals surface area contributed by atoms with Gasteiger partial charge in [-0.3, -0.25) is 9.48 Å². The highest BCUT2D eigenvalue weighted by atomic mass is 35.5. The molecule has 0 spiro atoms. The first kappa shape index (κ1) is 17.7. The molecule has 0 aliphatic rings. The zero-order valence-corrected chi connectivity index (χ0v) is 11.4. The number of hydrogen-bond acceptors (Lipinski definition) is 3. The number of aromatic nitrogens is 2. The van der Waals surface area contributed by atoms with Gasteiger partial charge in [-0.1, -0.05) is 0 Å². The maximum atomic E-state index is 12.3. The minimum absolute atomic E-state index is 0. The summed E-state index contributed by atoms with van der Waals surface area (Å²) in [6.45, 7) is 0.911. The van der Waals surface area contributed by atoms with E-state index in [2.05, 4.69) is 10.4 Å². The number of rotatable bonds is 5. The van der Waals surface area contributed by atoms with Crippen molar-refractivity contribution in [1.29, 1.82) is 0 Å². The van der Waals surface area contributed by atoms with Gasteiger partial charge in [0.1, 0.15) is 6.54 Å². The Morgan fingerprint density at radius 2 is 2.16 bits per heavy atom. The van der Waals surface area contributed by atoms with Crippen molar-refractivity contribution in [3.8, 4) is 0 Å². The van der Waals surface area contributed by atoms with Gasteiger partial charge < -0.3 is 10.2 Å². The number of nitrogens with one attached hydrogen (secondary N) is 1. The third-order valence-electron chi connectivity index (χ3n) is 2.35. The highest BCUT2D eigenvalue weighted by Gasteiger charge is 2.33. The number of halogens is 4. The van der Waals surface area contributed by atoms with Crippen LogP contribution in [0.4, 0.5) is 13.2 Å². The van der Waals surface area contributed by atoms with Crippen molar-refractivity contribution in [1.82, 2.24) is 20.0 Å². The molecule has 9 heteroatoms. The first-order chi connectivity index (χ1) is 8.34. The summed E-state index contributed by atoms with van der Waals surface area (Å²) in [4.78, 5) is 13.1. The molecule has 0 unspecified atom stereocenters. The Kier molecular flexibility index (Phi) is 6.85. The summed E-state index contributed by atoms with van der Waals surface area (Å²) in [5.74, 6) is -0.290. The van der Waals surface area contributed by atoms with Crippen molar-refractivity contribution in [2.75, 3.05) is 27.2 Å². The lowest BCUT2D eigenvalue weighted by atomic mass is 10.4. The maximum Gasteiger partial charge on any atom is 0.435 e. The van der Waals surface area contributed by atoms with Crippen LogP contribution in [-0.4, -0.2) is 47.8 Å². The Labute approximate surface area is 115 Å². The van der Waals surface area contributed by atoms with Crippen LogP contribution < -0.4 is 5.32 Å². The van der Waals surface area contributed by atoms with E-state index in [0.29, 0.717) is 13.1 Å². The van der Waals surface area contributed by atoms with Crippen LogP contribution in [0.3, 0.4) is 0 Å². The van der Waals surface area contributed by atoms with Gasteiger partial charge in [-0.15, -0.1) is 12.4 Å². The highest BCUT2D eigenvalue weighted by molar-refractivity contribution is 5.85. The van der Waals surface area contributed by atoms with Crippen molar-refractivity contribution >= 4 is 18.3 Å². The Hall–Kier alpha value is -1.28. The zero-order valence-electron chi connectivity index (χ0n) is 10.6. The molecule has 110 valence electrons. The minimum atomic E-state index is -4.48. The number of hydrogen-bond donors (Lipinski definition) is 1. The fourth-order valence-corrected chi connectivity index (χ4v) is 1.26. The summed E-state index contributed by atoms with van der Waals surface area (Å²) in [7, 11) is 3.34. The number of carbonyl (C=O) groups is 1. The van der Waals surface area contributed by atoms with Gasteiger partial charge in [-0.25, -0.2) is 0 Å². The summed E-state index contributed by atoms with van der Waals surface area (Å²) in [6.07, 6.45) is -3.33. The highest BCUT2D eigenvalue weighted by Crippen LogP contribution is 2.27. The Morgan fingerprint density at radius 1 is 1.53 bits per heavy atom. The smallest absolute Gasteiger partial charge is 0.343 e. The average Bonchev–Trinajstić information content (AvgIpc) is 2.73. The monoisotopic (exact) mass is 300 g/mol. The lowest BCUT2D eigenvalue weighted by molar-refractivity contribution is -0.142. The molecule has 1 heterocycles. The predicted molar refractivity (Wildman–Crippen MR) is 66.0 cm³/mol. The van der Waals surface area contributed by atoms with Crippen LogP contribution in [0.15, 0.2) is 12.3 Å². The Balaban J connectivity index is 0.00000324. The third kappa shape index (κ3) is 5.48. The molecular formula is C10H16ClF3N4O. The molecule has 0 atom stereocenters. The van der Waals surface area contributed by atoms with E-state index in [4.69, 9.17) is 0 Å². The molecule has 0 aliphatic heterocycles. The normalized spacial score (nSPS) is 11.0. The maximum absolute atomic E-state index is 12.3. The number of likely N-dealkylation sites (N-methyl/N-ethyl adjacent to an activating group) is 2. The van der Waals surface area contributed by atoms with E-state index in [1.54, 1.807) is 14.1 Å². The van der Waals surface area contributed by atoms with E-state index >= 15 is 0 Å². The van der Waals surface area contributed by atoms with E-state index in [9.17, 15) is 18.0 Å². The number of nitrogens with zero attached hydrogens (tertiary/aromatic N) is 3. The van der Waals surface area contributed by atoms with Crippen molar-refractivity contribution < 1.29 is 18.0 Å². The molecule has 19 heavy (non-hydrogen) atoms. The molecule has 0 saturated heterocycles. The van der Waals surface area contributed by atoms with Gasteiger partial charge in [0.05, 0.1) is 0 Å². The van der Waals surface area contributed by atoms with E-state index in [1.165, 1.54) is 4.90 Å². The number of amides is 1. The van der Waals surface area contributed by atoms with Gasteiger partial charge in [0.25, 0.3) is 0 Å². The Bertz CT molecular complexity index is 408. The lowest BCUT2D eigenvalue weighted by Gasteiger charge is -2.16. The van der Waals surface area contributed by atoms with Crippen LogP contribution in [0.1, 0.15) is 5.69 Å². The molecule has 0 saturated carbocycles. The van der Waals surface area contributed by atoms with Crippen LogP contribution in [0.25, 0.3) is 0 Å². The molecule has 0 bridgehead atoms. The minimum Gasteiger partial charge on any atom is -0.343 e. The molecule has 1 aromatic rings. The molecular weight excluding hydrogens is 285 g/mol. The molecule has 0 fully saturated rings. The second kappa shape index (κ2) is 7.34. The van der Waals surface area contributed by atoms with Crippen LogP contribution in [0, 0.1) is 0 Å². The molecule has 1 aromatic heterocycles. The second-order valence-electron chi connectivity index (χ2n) is 3.82. The molecule has 0 aliphatic carbocycles. The van der Waals surface area contributed by atoms with Crippen LogP contribution >= 0.6 is 12.4 Å². The van der Waals surface area contributed by atoms with Crippen LogP contribution in [-0.2, 0) is 17.5 Å². The van der Waals surface area contributed by atoms with Gasteiger partial charge >= 0.3 is 6.18 Å². The van der Waals surface area contributed by atoms with Gasteiger partial charge in [0.15, 0.2) is 5.69 Å². The van der Waals surface area contributed by atoms with Gasteiger partial charge in [0, 0.05) is 26.3 Å². The first-order valence-corrected chi connectivity index (χ1v) is 5.34. The lowest BCUT2D eigenvalue weighted by Crippen LogP contribution is -2.35. The third-order valence-corrected chi connectivity index (χ3v) is 2.35. The topological polar surface area (TPSA) is 50.2 Å². The largest absolute Gasteiger partial charge is 0.435 e. The summed E-state index contributed by atoms with van der Waals surface area (Å²) in [6, 6.07) is 0.848. The Morgan fingerprint density at radius 3 is 2.63 bits per heavy atom. The van der Waals surface area contributed by atoms with Gasteiger partial charge in [0.2, 0.25) is 5.91 Å². The second-order valence-corrected chi connectivity index (χ2v) is 3.82. The first-order valence-electron chi connectivity index (χ1n) is 5.34. The van der Waals surface area contributed by atoms with E-state index in [0.717, 1.165) is 16.9 Å². The molecule has 1 rings (SSSR count). The van der Waals surface area contributed by atoms with Crippen molar-refractivity contribution in [3.05, 3.63) is 18.0 Å². The predicted octanol–water partition coefficient (Wildman–Crippen LogP) is 1.00.